The maximum Gasteiger partial charge on any atom is 0.326 e. The highest BCUT2D eigenvalue weighted by atomic mass is 32.1. The van der Waals surface area contributed by atoms with Crippen LogP contribution < -0.4 is 0 Å². The maximum atomic E-state index is 12.3. The molecule has 1 unspecified atom stereocenters. The molecule has 0 aliphatic heterocycles. The van der Waals surface area contributed by atoms with Crippen molar-refractivity contribution in [3.63, 3.8) is 0 Å². The minimum absolute atomic E-state index is 0.263. The zero-order valence-corrected chi connectivity index (χ0v) is 12.8. The van der Waals surface area contributed by atoms with Gasteiger partial charge in [-0.25, -0.2) is 0 Å². The van der Waals surface area contributed by atoms with Crippen molar-refractivity contribution in [3.05, 3.63) is 48.0 Å². The summed E-state index contributed by atoms with van der Waals surface area (Å²) in [6.45, 7) is 4.24. The van der Waals surface area contributed by atoms with E-state index < -0.39 is 4.75 Å². The van der Waals surface area contributed by atoms with Crippen molar-refractivity contribution in [1.29, 1.82) is 0 Å². The van der Waals surface area contributed by atoms with Gasteiger partial charge in [-0.1, -0.05) is 49.7 Å². The first-order valence-corrected chi connectivity index (χ1v) is 7.45. The van der Waals surface area contributed by atoms with Crippen molar-refractivity contribution < 1.29 is 9.53 Å². The van der Waals surface area contributed by atoms with E-state index in [1.165, 1.54) is 0 Å². The quantitative estimate of drug-likeness (QED) is 0.655. The number of rotatable bonds is 5. The SMILES string of the molecule is CCCC(S)(C(=O)OCC)c1ccc2ccccc2c1. The zero-order valence-electron chi connectivity index (χ0n) is 11.9. The second-order valence-corrected chi connectivity index (χ2v) is 5.66. The number of hydrogen-bond acceptors (Lipinski definition) is 3. The summed E-state index contributed by atoms with van der Waals surface area (Å²) in [4.78, 5) is 12.3. The van der Waals surface area contributed by atoms with Crippen LogP contribution in [0.1, 0.15) is 32.3 Å². The summed E-state index contributed by atoms with van der Waals surface area (Å²) in [5, 5.41) is 2.27. The molecule has 0 heterocycles. The van der Waals surface area contributed by atoms with Crippen molar-refractivity contribution in [3.8, 4) is 0 Å². The van der Waals surface area contributed by atoms with Gasteiger partial charge in [-0.3, -0.25) is 4.79 Å². The molecule has 0 saturated heterocycles. The lowest BCUT2D eigenvalue weighted by Crippen LogP contribution is -2.32. The molecule has 0 spiro atoms. The largest absolute Gasteiger partial charge is 0.465 e. The van der Waals surface area contributed by atoms with Gasteiger partial charge in [0.2, 0.25) is 0 Å². The molecule has 0 radical (unpaired) electrons. The Bertz CT molecular complexity index is 609. The molecule has 0 bridgehead atoms. The van der Waals surface area contributed by atoms with Crippen LogP contribution in [0.3, 0.4) is 0 Å². The fourth-order valence-electron chi connectivity index (χ4n) is 2.42. The molecule has 106 valence electrons. The molecule has 0 aromatic heterocycles. The van der Waals surface area contributed by atoms with Crippen LogP contribution in [-0.4, -0.2) is 12.6 Å². The average Bonchev–Trinajstić information content (AvgIpc) is 2.47. The van der Waals surface area contributed by atoms with Gasteiger partial charge in [-0.05, 0) is 35.7 Å². The van der Waals surface area contributed by atoms with Crippen molar-refractivity contribution in [2.45, 2.75) is 31.4 Å². The van der Waals surface area contributed by atoms with Crippen molar-refractivity contribution in [1.82, 2.24) is 0 Å². The van der Waals surface area contributed by atoms with Gasteiger partial charge in [0.05, 0.1) is 6.61 Å². The van der Waals surface area contributed by atoms with Gasteiger partial charge in [0.15, 0.2) is 0 Å². The van der Waals surface area contributed by atoms with Gasteiger partial charge >= 0.3 is 5.97 Å². The predicted octanol–water partition coefficient (Wildman–Crippen LogP) is 4.33. The maximum absolute atomic E-state index is 12.3. The third-order valence-corrected chi connectivity index (χ3v) is 4.12. The van der Waals surface area contributed by atoms with E-state index in [9.17, 15) is 4.79 Å². The third-order valence-electron chi connectivity index (χ3n) is 3.45. The predicted molar refractivity (Wildman–Crippen MR) is 86.2 cm³/mol. The molecule has 1 atom stereocenters. The van der Waals surface area contributed by atoms with E-state index in [1.54, 1.807) is 0 Å². The number of carbonyl (C=O) groups excluding carboxylic acids is 1. The number of carbonyl (C=O) groups is 1. The normalized spacial score (nSPS) is 13.9. The number of benzene rings is 2. The Morgan fingerprint density at radius 2 is 1.85 bits per heavy atom. The summed E-state index contributed by atoms with van der Waals surface area (Å²) in [6, 6.07) is 14.2. The number of esters is 1. The van der Waals surface area contributed by atoms with Crippen LogP contribution in [0.25, 0.3) is 10.8 Å². The summed E-state index contributed by atoms with van der Waals surface area (Å²) in [5.41, 5.74) is 0.903. The van der Waals surface area contributed by atoms with Gasteiger partial charge in [0, 0.05) is 0 Å². The van der Waals surface area contributed by atoms with Crippen LogP contribution >= 0.6 is 12.6 Å². The van der Waals surface area contributed by atoms with E-state index in [1.807, 2.05) is 50.2 Å². The number of fused-ring (bicyclic) bond motifs is 1. The Hall–Kier alpha value is -1.48. The number of hydrogen-bond donors (Lipinski definition) is 1. The molecule has 0 fully saturated rings. The summed E-state index contributed by atoms with van der Waals surface area (Å²) in [6.07, 6.45) is 1.53. The Labute approximate surface area is 125 Å². The first-order valence-electron chi connectivity index (χ1n) is 7.00. The van der Waals surface area contributed by atoms with Crippen LogP contribution in [0.5, 0.6) is 0 Å². The summed E-state index contributed by atoms with van der Waals surface area (Å²) < 4.78 is 4.34. The van der Waals surface area contributed by atoms with E-state index in [4.69, 9.17) is 4.74 Å². The Morgan fingerprint density at radius 3 is 2.50 bits per heavy atom. The van der Waals surface area contributed by atoms with E-state index in [0.717, 1.165) is 22.8 Å². The molecule has 0 aliphatic carbocycles. The van der Waals surface area contributed by atoms with E-state index in [0.29, 0.717) is 13.0 Å². The van der Waals surface area contributed by atoms with Crippen LogP contribution in [0.15, 0.2) is 42.5 Å². The lowest BCUT2D eigenvalue weighted by atomic mass is 9.91. The van der Waals surface area contributed by atoms with Crippen LogP contribution in [0, 0.1) is 0 Å². The molecule has 2 aromatic carbocycles. The third kappa shape index (κ3) is 2.83. The van der Waals surface area contributed by atoms with Gasteiger partial charge in [0.25, 0.3) is 0 Å². The molecule has 0 saturated carbocycles. The lowest BCUT2D eigenvalue weighted by molar-refractivity contribution is -0.146. The Balaban J connectivity index is 2.48. The molecule has 0 N–H and O–H groups in total. The molecule has 20 heavy (non-hydrogen) atoms. The summed E-state index contributed by atoms with van der Waals surface area (Å²) in [5.74, 6) is -0.263. The first kappa shape index (κ1) is 14.9. The van der Waals surface area contributed by atoms with Crippen LogP contribution in [-0.2, 0) is 14.3 Å². The second-order valence-electron chi connectivity index (χ2n) is 4.89. The molecule has 2 nitrogen and oxygen atoms in total. The number of ether oxygens (including phenoxy) is 1. The zero-order chi connectivity index (χ0) is 14.6. The van der Waals surface area contributed by atoms with Gasteiger partial charge in [-0.2, -0.15) is 12.6 Å². The van der Waals surface area contributed by atoms with E-state index in [-0.39, 0.29) is 5.97 Å². The topological polar surface area (TPSA) is 26.3 Å². The second kappa shape index (κ2) is 6.31. The molecule has 0 aliphatic rings. The molecular weight excluding hydrogens is 268 g/mol. The van der Waals surface area contributed by atoms with Crippen molar-refractivity contribution >= 4 is 29.4 Å². The molecule has 2 aromatic rings. The Kier molecular flexibility index (Phi) is 4.71. The Morgan fingerprint density at radius 1 is 1.15 bits per heavy atom. The van der Waals surface area contributed by atoms with Gasteiger partial charge in [0.1, 0.15) is 4.75 Å². The fraction of sp³-hybridized carbons (Fsp3) is 0.353. The first-order chi connectivity index (χ1) is 9.61. The fourth-order valence-corrected chi connectivity index (χ4v) is 2.85. The van der Waals surface area contributed by atoms with E-state index in [2.05, 4.69) is 18.7 Å². The highest BCUT2D eigenvalue weighted by Gasteiger charge is 2.37. The van der Waals surface area contributed by atoms with Crippen molar-refractivity contribution in [2.75, 3.05) is 6.61 Å². The van der Waals surface area contributed by atoms with E-state index >= 15 is 0 Å². The van der Waals surface area contributed by atoms with Crippen LogP contribution in [0.2, 0.25) is 0 Å². The average molecular weight is 288 g/mol. The van der Waals surface area contributed by atoms with Crippen molar-refractivity contribution in [2.24, 2.45) is 0 Å². The lowest BCUT2D eigenvalue weighted by Gasteiger charge is -2.26. The summed E-state index contributed by atoms with van der Waals surface area (Å²) in [7, 11) is 0. The number of thiol groups is 1. The van der Waals surface area contributed by atoms with Gasteiger partial charge < -0.3 is 4.74 Å². The molecule has 0 amide bonds. The minimum atomic E-state index is -0.866. The minimum Gasteiger partial charge on any atom is -0.465 e. The highest BCUT2D eigenvalue weighted by Crippen LogP contribution is 2.36. The van der Waals surface area contributed by atoms with Gasteiger partial charge in [-0.15, -0.1) is 0 Å². The highest BCUT2D eigenvalue weighted by molar-refractivity contribution is 7.82. The molecule has 3 heteroatoms. The monoisotopic (exact) mass is 288 g/mol. The van der Waals surface area contributed by atoms with Crippen LogP contribution in [0.4, 0.5) is 0 Å². The molecular formula is C17H20O2S. The standard InChI is InChI=1S/C17H20O2S/c1-3-11-17(20,16(18)19-4-2)15-10-9-13-7-5-6-8-14(13)12-15/h5-10,12,20H,3-4,11H2,1-2H3. The summed E-state index contributed by atoms with van der Waals surface area (Å²) >= 11 is 4.67. The smallest absolute Gasteiger partial charge is 0.326 e. The molecule has 2 rings (SSSR count).